The second kappa shape index (κ2) is 11.6. The van der Waals surface area contributed by atoms with Crippen LogP contribution in [0.15, 0.2) is 60.7 Å². The molecule has 0 aliphatic carbocycles. The van der Waals surface area contributed by atoms with Gasteiger partial charge in [0, 0.05) is 48.1 Å². The third-order valence-corrected chi connectivity index (χ3v) is 6.88. The summed E-state index contributed by atoms with van der Waals surface area (Å²) in [5.41, 5.74) is 5.04. The Bertz CT molecular complexity index is 1320. The SMILES string of the molecule is COc1ccc(Cl)cc1C(=O)N1CCN(c2ccc(NC(=S)NC(=O)c3ccc(C)c(C)c3)cc2)CC1. The van der Waals surface area contributed by atoms with E-state index in [2.05, 4.69) is 15.5 Å². The van der Waals surface area contributed by atoms with Crippen LogP contribution in [0.1, 0.15) is 31.8 Å². The van der Waals surface area contributed by atoms with Gasteiger partial charge in [-0.05, 0) is 91.8 Å². The molecule has 0 bridgehead atoms. The molecular weight excluding hydrogens is 508 g/mol. The van der Waals surface area contributed by atoms with Crippen molar-refractivity contribution in [3.63, 3.8) is 0 Å². The van der Waals surface area contributed by atoms with E-state index in [1.54, 1.807) is 31.4 Å². The Kier molecular flexibility index (Phi) is 8.31. The van der Waals surface area contributed by atoms with Crippen molar-refractivity contribution < 1.29 is 14.3 Å². The van der Waals surface area contributed by atoms with Gasteiger partial charge in [0.1, 0.15) is 5.75 Å². The summed E-state index contributed by atoms with van der Waals surface area (Å²) < 4.78 is 5.34. The molecule has 37 heavy (non-hydrogen) atoms. The third kappa shape index (κ3) is 6.39. The molecule has 1 aliphatic rings. The largest absolute Gasteiger partial charge is 0.496 e. The van der Waals surface area contributed by atoms with Crippen LogP contribution in [0.25, 0.3) is 0 Å². The number of halogens is 1. The number of aryl methyl sites for hydroxylation is 2. The number of thiocarbonyl (C=S) groups is 1. The van der Waals surface area contributed by atoms with Gasteiger partial charge >= 0.3 is 0 Å². The number of hydrogen-bond donors (Lipinski definition) is 2. The second-order valence-corrected chi connectivity index (χ2v) is 9.72. The van der Waals surface area contributed by atoms with Crippen molar-refractivity contribution in [3.8, 4) is 5.75 Å². The van der Waals surface area contributed by atoms with Gasteiger partial charge in [-0.1, -0.05) is 17.7 Å². The lowest BCUT2D eigenvalue weighted by Crippen LogP contribution is -2.48. The lowest BCUT2D eigenvalue weighted by Gasteiger charge is -2.36. The zero-order chi connectivity index (χ0) is 26.5. The second-order valence-electron chi connectivity index (χ2n) is 8.88. The van der Waals surface area contributed by atoms with Gasteiger partial charge in [-0.15, -0.1) is 0 Å². The van der Waals surface area contributed by atoms with Crippen LogP contribution in [0.3, 0.4) is 0 Å². The van der Waals surface area contributed by atoms with E-state index in [0.717, 1.165) is 22.5 Å². The molecule has 3 aromatic rings. The number of anilines is 2. The highest BCUT2D eigenvalue weighted by Gasteiger charge is 2.24. The number of carbonyl (C=O) groups excluding carboxylic acids is 2. The first-order valence-electron chi connectivity index (χ1n) is 11.9. The predicted octanol–water partition coefficient (Wildman–Crippen LogP) is 5.05. The summed E-state index contributed by atoms with van der Waals surface area (Å²) in [4.78, 5) is 29.6. The number of hydrogen-bond acceptors (Lipinski definition) is 5. The summed E-state index contributed by atoms with van der Waals surface area (Å²) in [7, 11) is 1.54. The third-order valence-electron chi connectivity index (χ3n) is 6.45. The molecule has 2 N–H and O–H groups in total. The molecule has 0 spiro atoms. The van der Waals surface area contributed by atoms with Gasteiger partial charge < -0.3 is 19.9 Å². The van der Waals surface area contributed by atoms with Gasteiger partial charge in [0.05, 0.1) is 12.7 Å². The van der Waals surface area contributed by atoms with E-state index < -0.39 is 0 Å². The molecule has 0 saturated carbocycles. The highest BCUT2D eigenvalue weighted by atomic mass is 35.5. The molecule has 1 aliphatic heterocycles. The van der Waals surface area contributed by atoms with Crippen molar-refractivity contribution >= 4 is 52.1 Å². The van der Waals surface area contributed by atoms with Crippen LogP contribution >= 0.6 is 23.8 Å². The van der Waals surface area contributed by atoms with E-state index in [1.165, 1.54) is 0 Å². The lowest BCUT2D eigenvalue weighted by atomic mass is 10.1. The van der Waals surface area contributed by atoms with E-state index in [9.17, 15) is 9.59 Å². The maximum Gasteiger partial charge on any atom is 0.257 e. The van der Waals surface area contributed by atoms with Gasteiger partial charge in [0.2, 0.25) is 0 Å². The average Bonchev–Trinajstić information content (AvgIpc) is 2.90. The number of carbonyl (C=O) groups is 2. The summed E-state index contributed by atoms with van der Waals surface area (Å²) in [5, 5.41) is 6.52. The number of amides is 2. The predicted molar refractivity (Wildman–Crippen MR) is 152 cm³/mol. The Morgan fingerprint density at radius 2 is 1.62 bits per heavy atom. The average molecular weight is 537 g/mol. The van der Waals surface area contributed by atoms with E-state index in [0.29, 0.717) is 48.1 Å². The zero-order valence-corrected chi connectivity index (χ0v) is 22.6. The summed E-state index contributed by atoms with van der Waals surface area (Å²) in [6.07, 6.45) is 0. The van der Waals surface area contributed by atoms with E-state index in [-0.39, 0.29) is 16.9 Å². The molecular formula is C28H29ClN4O3S. The smallest absolute Gasteiger partial charge is 0.257 e. The molecule has 1 saturated heterocycles. The molecule has 0 radical (unpaired) electrons. The first-order valence-corrected chi connectivity index (χ1v) is 12.7. The highest BCUT2D eigenvalue weighted by Crippen LogP contribution is 2.25. The monoisotopic (exact) mass is 536 g/mol. The summed E-state index contributed by atoms with van der Waals surface area (Å²) in [6.45, 7) is 6.55. The van der Waals surface area contributed by atoms with Crippen molar-refractivity contribution in [2.75, 3.05) is 43.5 Å². The maximum atomic E-state index is 13.0. The van der Waals surface area contributed by atoms with E-state index in [1.807, 2.05) is 55.1 Å². The molecule has 0 unspecified atom stereocenters. The van der Waals surface area contributed by atoms with Crippen LogP contribution in [-0.2, 0) is 0 Å². The highest BCUT2D eigenvalue weighted by molar-refractivity contribution is 7.80. The van der Waals surface area contributed by atoms with Crippen LogP contribution in [-0.4, -0.2) is 55.1 Å². The molecule has 7 nitrogen and oxygen atoms in total. The van der Waals surface area contributed by atoms with Gasteiger partial charge in [-0.3, -0.25) is 14.9 Å². The molecule has 1 fully saturated rings. The minimum Gasteiger partial charge on any atom is -0.496 e. The quantitative estimate of drug-likeness (QED) is 0.444. The Labute approximate surface area is 227 Å². The fraction of sp³-hybridized carbons (Fsp3) is 0.250. The number of rotatable bonds is 5. The minimum absolute atomic E-state index is 0.0881. The number of nitrogens with zero attached hydrogens (tertiary/aromatic N) is 2. The first-order chi connectivity index (χ1) is 17.7. The van der Waals surface area contributed by atoms with Crippen LogP contribution in [0.2, 0.25) is 5.02 Å². The molecule has 2 amide bonds. The van der Waals surface area contributed by atoms with E-state index in [4.69, 9.17) is 28.6 Å². The molecule has 192 valence electrons. The van der Waals surface area contributed by atoms with Crippen molar-refractivity contribution in [2.24, 2.45) is 0 Å². The fourth-order valence-corrected chi connectivity index (χ4v) is 4.54. The van der Waals surface area contributed by atoms with Crippen LogP contribution in [0.4, 0.5) is 11.4 Å². The zero-order valence-electron chi connectivity index (χ0n) is 21.0. The topological polar surface area (TPSA) is 73.9 Å². The van der Waals surface area contributed by atoms with Crippen molar-refractivity contribution in [2.45, 2.75) is 13.8 Å². The van der Waals surface area contributed by atoms with Crippen LogP contribution in [0, 0.1) is 13.8 Å². The Balaban J connectivity index is 1.30. The summed E-state index contributed by atoms with van der Waals surface area (Å²) in [6, 6.07) is 18.4. The molecule has 4 rings (SSSR count). The number of ether oxygens (including phenoxy) is 1. The number of benzene rings is 3. The molecule has 0 aromatic heterocycles. The van der Waals surface area contributed by atoms with Gasteiger partial charge in [0.25, 0.3) is 11.8 Å². The molecule has 3 aromatic carbocycles. The lowest BCUT2D eigenvalue weighted by molar-refractivity contribution is 0.0743. The Morgan fingerprint density at radius 3 is 2.27 bits per heavy atom. The van der Waals surface area contributed by atoms with Gasteiger partial charge in [-0.25, -0.2) is 0 Å². The van der Waals surface area contributed by atoms with E-state index >= 15 is 0 Å². The Hall–Kier alpha value is -3.62. The van der Waals surface area contributed by atoms with Crippen molar-refractivity contribution in [1.29, 1.82) is 0 Å². The number of nitrogens with one attached hydrogen (secondary N) is 2. The van der Waals surface area contributed by atoms with Crippen molar-refractivity contribution in [3.05, 3.63) is 87.9 Å². The fourth-order valence-electron chi connectivity index (χ4n) is 4.16. The normalized spacial score (nSPS) is 13.2. The van der Waals surface area contributed by atoms with Gasteiger partial charge in [-0.2, -0.15) is 0 Å². The van der Waals surface area contributed by atoms with Gasteiger partial charge in [0.15, 0.2) is 5.11 Å². The standard InChI is InChI=1S/C28H29ClN4O3S/c1-18-4-5-20(16-19(18)2)26(34)31-28(37)30-22-7-9-23(10-8-22)32-12-14-33(15-13-32)27(35)24-17-21(29)6-11-25(24)36-3/h4-11,16-17H,12-15H2,1-3H3,(H2,30,31,34,37). The summed E-state index contributed by atoms with van der Waals surface area (Å²) in [5.74, 6) is 0.179. The number of piperazine rings is 1. The summed E-state index contributed by atoms with van der Waals surface area (Å²) >= 11 is 11.4. The minimum atomic E-state index is -0.250. The first kappa shape index (κ1) is 26.4. The maximum absolute atomic E-state index is 13.0. The molecule has 0 atom stereocenters. The van der Waals surface area contributed by atoms with Crippen molar-refractivity contribution in [1.82, 2.24) is 10.2 Å². The molecule has 9 heteroatoms. The Morgan fingerprint density at radius 1 is 0.919 bits per heavy atom. The number of methoxy groups -OCH3 is 1. The molecule has 1 heterocycles. The van der Waals surface area contributed by atoms with Crippen LogP contribution < -0.4 is 20.3 Å². The van der Waals surface area contributed by atoms with Crippen LogP contribution in [0.5, 0.6) is 5.75 Å².